The molecule has 3 aromatic rings. The van der Waals surface area contributed by atoms with E-state index in [0.29, 0.717) is 27.7 Å². The molecule has 0 saturated heterocycles. The van der Waals surface area contributed by atoms with Crippen molar-refractivity contribution in [3.63, 3.8) is 0 Å². The normalized spacial score (nSPS) is 12.1. The Morgan fingerprint density at radius 1 is 1.18 bits per heavy atom. The number of hydrogen-bond donors (Lipinski definition) is 1. The van der Waals surface area contributed by atoms with E-state index >= 15 is 0 Å². The minimum absolute atomic E-state index is 0.336. The minimum Gasteiger partial charge on any atom is -0.323 e. The summed E-state index contributed by atoms with van der Waals surface area (Å²) >= 11 is 0. The zero-order valence-corrected chi connectivity index (χ0v) is 12.0. The van der Waals surface area contributed by atoms with Crippen LogP contribution in [0.3, 0.4) is 0 Å². The Balaban J connectivity index is 2.47. The molecular formula is C18H14FN3. The van der Waals surface area contributed by atoms with Crippen molar-refractivity contribution in [1.29, 1.82) is 5.26 Å². The molecule has 1 heterocycles. The number of hydrogen-bond acceptors (Lipinski definition) is 3. The van der Waals surface area contributed by atoms with Crippen LogP contribution in [0.2, 0.25) is 0 Å². The van der Waals surface area contributed by atoms with Crippen LogP contribution in [-0.2, 0) is 0 Å². The van der Waals surface area contributed by atoms with E-state index in [2.05, 4.69) is 11.1 Å². The predicted molar refractivity (Wildman–Crippen MR) is 84.5 cm³/mol. The standard InChI is InChI=1S/C18H14FN3/c1-11(21)18-17(12-5-3-2-4-6-12)15(10-20)14-9-13(19)7-8-16(14)22-18/h2-9,11H,21H2,1H3. The largest absolute Gasteiger partial charge is 0.323 e. The van der Waals surface area contributed by atoms with Gasteiger partial charge in [0.2, 0.25) is 0 Å². The summed E-state index contributed by atoms with van der Waals surface area (Å²) in [4.78, 5) is 4.56. The van der Waals surface area contributed by atoms with Crippen molar-refractivity contribution < 1.29 is 4.39 Å². The van der Waals surface area contributed by atoms with E-state index in [1.165, 1.54) is 12.1 Å². The number of benzene rings is 2. The summed E-state index contributed by atoms with van der Waals surface area (Å²) in [6.45, 7) is 1.82. The van der Waals surface area contributed by atoms with Crippen LogP contribution in [0, 0.1) is 17.1 Å². The summed E-state index contributed by atoms with van der Waals surface area (Å²) < 4.78 is 13.6. The molecular weight excluding hydrogens is 277 g/mol. The zero-order chi connectivity index (χ0) is 15.7. The highest BCUT2D eigenvalue weighted by molar-refractivity contribution is 5.93. The van der Waals surface area contributed by atoms with Gasteiger partial charge < -0.3 is 5.73 Å². The molecule has 4 heteroatoms. The van der Waals surface area contributed by atoms with Crippen molar-refractivity contribution in [3.8, 4) is 17.2 Å². The van der Waals surface area contributed by atoms with Crippen LogP contribution in [0.4, 0.5) is 4.39 Å². The van der Waals surface area contributed by atoms with Crippen molar-refractivity contribution in [1.82, 2.24) is 4.98 Å². The Labute approximate surface area is 127 Å². The number of nitrogens with two attached hydrogens (primary N) is 1. The molecule has 0 aliphatic rings. The highest BCUT2D eigenvalue weighted by Crippen LogP contribution is 2.34. The Kier molecular flexibility index (Phi) is 3.58. The van der Waals surface area contributed by atoms with E-state index < -0.39 is 5.82 Å². The second-order valence-corrected chi connectivity index (χ2v) is 5.18. The molecule has 22 heavy (non-hydrogen) atoms. The van der Waals surface area contributed by atoms with Crippen LogP contribution in [0.15, 0.2) is 48.5 Å². The smallest absolute Gasteiger partial charge is 0.124 e. The Bertz CT molecular complexity index is 880. The number of rotatable bonds is 2. The van der Waals surface area contributed by atoms with Gasteiger partial charge in [-0.05, 0) is 30.7 Å². The number of aromatic nitrogens is 1. The lowest BCUT2D eigenvalue weighted by molar-refractivity contribution is 0.629. The molecule has 0 bridgehead atoms. The number of pyridine rings is 1. The molecule has 0 fully saturated rings. The molecule has 0 spiro atoms. The molecule has 108 valence electrons. The fraction of sp³-hybridized carbons (Fsp3) is 0.111. The third-order valence-electron chi connectivity index (χ3n) is 3.58. The quantitative estimate of drug-likeness (QED) is 0.778. The van der Waals surface area contributed by atoms with Gasteiger partial charge in [-0.15, -0.1) is 0 Å². The van der Waals surface area contributed by atoms with Gasteiger partial charge in [-0.2, -0.15) is 5.26 Å². The molecule has 0 saturated carbocycles. The first-order valence-corrected chi connectivity index (χ1v) is 6.96. The molecule has 3 nitrogen and oxygen atoms in total. The van der Waals surface area contributed by atoms with Crippen LogP contribution in [0.1, 0.15) is 24.2 Å². The lowest BCUT2D eigenvalue weighted by Crippen LogP contribution is -2.11. The van der Waals surface area contributed by atoms with E-state index in [9.17, 15) is 9.65 Å². The molecule has 0 aliphatic heterocycles. The van der Waals surface area contributed by atoms with Gasteiger partial charge in [0.25, 0.3) is 0 Å². The highest BCUT2D eigenvalue weighted by Gasteiger charge is 2.19. The molecule has 0 amide bonds. The first-order chi connectivity index (χ1) is 10.6. The van der Waals surface area contributed by atoms with Crippen molar-refractivity contribution in [2.45, 2.75) is 13.0 Å². The predicted octanol–water partition coefficient (Wildman–Crippen LogP) is 3.93. The van der Waals surface area contributed by atoms with Crippen LogP contribution in [-0.4, -0.2) is 4.98 Å². The average Bonchev–Trinajstić information content (AvgIpc) is 2.53. The van der Waals surface area contributed by atoms with Crippen molar-refractivity contribution in [2.24, 2.45) is 5.73 Å². The topological polar surface area (TPSA) is 62.7 Å². The maximum Gasteiger partial charge on any atom is 0.124 e. The van der Waals surface area contributed by atoms with Gasteiger partial charge in [0.05, 0.1) is 16.8 Å². The van der Waals surface area contributed by atoms with Crippen LogP contribution < -0.4 is 5.73 Å². The molecule has 3 rings (SSSR count). The van der Waals surface area contributed by atoms with Gasteiger partial charge >= 0.3 is 0 Å². The minimum atomic E-state index is -0.390. The maximum atomic E-state index is 13.6. The molecule has 1 aromatic heterocycles. The Hall–Kier alpha value is -2.77. The SMILES string of the molecule is CC(N)c1nc2ccc(F)cc2c(C#N)c1-c1ccccc1. The molecule has 1 atom stereocenters. The number of halogens is 1. The van der Waals surface area contributed by atoms with Crippen LogP contribution in [0.5, 0.6) is 0 Å². The first kappa shape index (κ1) is 14.2. The lowest BCUT2D eigenvalue weighted by Gasteiger charge is -2.16. The van der Waals surface area contributed by atoms with Gasteiger partial charge in [0, 0.05) is 17.0 Å². The van der Waals surface area contributed by atoms with E-state index in [4.69, 9.17) is 5.73 Å². The second-order valence-electron chi connectivity index (χ2n) is 5.18. The Morgan fingerprint density at radius 3 is 2.55 bits per heavy atom. The number of nitriles is 1. The van der Waals surface area contributed by atoms with Gasteiger partial charge in [0.1, 0.15) is 11.9 Å². The summed E-state index contributed by atoms with van der Waals surface area (Å²) in [5, 5.41) is 10.1. The monoisotopic (exact) mass is 291 g/mol. The van der Waals surface area contributed by atoms with Gasteiger partial charge in [-0.1, -0.05) is 30.3 Å². The third kappa shape index (κ3) is 2.32. The summed E-state index contributed by atoms with van der Waals surface area (Å²) in [6.07, 6.45) is 0. The second kappa shape index (κ2) is 5.55. The van der Waals surface area contributed by atoms with Gasteiger partial charge in [0.15, 0.2) is 0 Å². The number of fused-ring (bicyclic) bond motifs is 1. The molecule has 2 N–H and O–H groups in total. The molecule has 2 aromatic carbocycles. The van der Waals surface area contributed by atoms with Crippen LogP contribution >= 0.6 is 0 Å². The average molecular weight is 291 g/mol. The summed E-state index contributed by atoms with van der Waals surface area (Å²) in [5.74, 6) is -0.390. The zero-order valence-electron chi connectivity index (χ0n) is 12.0. The third-order valence-corrected chi connectivity index (χ3v) is 3.58. The molecule has 1 unspecified atom stereocenters. The summed E-state index contributed by atoms with van der Waals surface area (Å²) in [7, 11) is 0. The lowest BCUT2D eigenvalue weighted by atomic mass is 9.93. The van der Waals surface area contributed by atoms with Crippen molar-refractivity contribution in [3.05, 3.63) is 65.6 Å². The van der Waals surface area contributed by atoms with E-state index in [1.54, 1.807) is 6.07 Å². The molecule has 0 aliphatic carbocycles. The van der Waals surface area contributed by atoms with Gasteiger partial charge in [-0.25, -0.2) is 4.39 Å². The van der Waals surface area contributed by atoms with E-state index in [-0.39, 0.29) is 6.04 Å². The van der Waals surface area contributed by atoms with Crippen molar-refractivity contribution in [2.75, 3.05) is 0 Å². The summed E-state index contributed by atoms with van der Waals surface area (Å²) in [6, 6.07) is 15.6. The Morgan fingerprint density at radius 2 is 1.91 bits per heavy atom. The van der Waals surface area contributed by atoms with E-state index in [0.717, 1.165) is 5.56 Å². The van der Waals surface area contributed by atoms with Gasteiger partial charge in [-0.3, -0.25) is 4.98 Å². The summed E-state index contributed by atoms with van der Waals surface area (Å²) in [5.41, 5.74) is 9.20. The highest BCUT2D eigenvalue weighted by atomic mass is 19.1. The molecule has 0 radical (unpaired) electrons. The number of nitrogens with zero attached hydrogens (tertiary/aromatic N) is 2. The van der Waals surface area contributed by atoms with Crippen LogP contribution in [0.25, 0.3) is 22.0 Å². The van der Waals surface area contributed by atoms with E-state index in [1.807, 2.05) is 37.3 Å². The first-order valence-electron chi connectivity index (χ1n) is 6.96. The fourth-order valence-electron chi connectivity index (χ4n) is 2.60. The van der Waals surface area contributed by atoms with Crippen molar-refractivity contribution >= 4 is 10.9 Å². The fourth-order valence-corrected chi connectivity index (χ4v) is 2.60. The maximum absolute atomic E-state index is 13.6.